The maximum absolute atomic E-state index is 8.12. The minimum absolute atomic E-state index is 0.250. The third-order valence-corrected chi connectivity index (χ3v) is 5.15. The Labute approximate surface area is 154 Å². The van der Waals surface area contributed by atoms with Gasteiger partial charge < -0.3 is 10.5 Å². The van der Waals surface area contributed by atoms with Crippen LogP contribution in [0.1, 0.15) is 52.1 Å². The van der Waals surface area contributed by atoms with Crippen molar-refractivity contribution in [2.75, 3.05) is 5.73 Å². The van der Waals surface area contributed by atoms with Gasteiger partial charge in [0.25, 0.3) is 0 Å². The lowest BCUT2D eigenvalue weighted by Crippen LogP contribution is -2.30. The number of anilines is 1. The molecule has 0 radical (unpaired) electrons. The van der Waals surface area contributed by atoms with Crippen molar-refractivity contribution in [3.63, 3.8) is 0 Å². The van der Waals surface area contributed by atoms with Crippen LogP contribution in [0.5, 0.6) is 5.75 Å². The summed E-state index contributed by atoms with van der Waals surface area (Å²) >= 11 is 0. The zero-order valence-corrected chi connectivity index (χ0v) is 16.0. The van der Waals surface area contributed by atoms with Crippen molar-refractivity contribution in [1.29, 1.82) is 0 Å². The molecule has 1 fully saturated rings. The van der Waals surface area contributed by atoms with Crippen LogP contribution in [0.2, 0.25) is 0 Å². The monoisotopic (exact) mass is 356 g/mol. The summed E-state index contributed by atoms with van der Waals surface area (Å²) in [6, 6.07) is 7.95. The van der Waals surface area contributed by atoms with Gasteiger partial charge >= 0.3 is 6.15 Å². The van der Waals surface area contributed by atoms with Gasteiger partial charge in [0, 0.05) is 11.4 Å². The largest absolute Gasteiger partial charge is 0.490 e. The molecule has 0 atom stereocenters. The van der Waals surface area contributed by atoms with E-state index < -0.39 is 0 Å². The van der Waals surface area contributed by atoms with Crippen LogP contribution in [0.15, 0.2) is 24.3 Å². The molecular formula is C21H28N2O3. The Morgan fingerprint density at radius 2 is 1.77 bits per heavy atom. The van der Waals surface area contributed by atoms with E-state index in [4.69, 9.17) is 20.1 Å². The number of aryl methyl sites for hydroxylation is 1. The Kier molecular flexibility index (Phi) is 6.38. The molecular weight excluding hydrogens is 328 g/mol. The Morgan fingerprint density at radius 3 is 2.35 bits per heavy atom. The van der Waals surface area contributed by atoms with Crippen molar-refractivity contribution in [2.45, 2.75) is 59.5 Å². The molecule has 1 aliphatic rings. The molecule has 5 heteroatoms. The Balaban J connectivity index is 0.000000758. The summed E-state index contributed by atoms with van der Waals surface area (Å²) in [6.45, 7) is 9.01. The van der Waals surface area contributed by atoms with Gasteiger partial charge in [0.15, 0.2) is 0 Å². The zero-order valence-electron chi connectivity index (χ0n) is 16.0. The predicted octanol–water partition coefficient (Wildman–Crippen LogP) is 4.53. The van der Waals surface area contributed by atoms with E-state index in [0.29, 0.717) is 11.5 Å². The molecule has 1 aromatic heterocycles. The number of hydrogen-bond donors (Lipinski definition) is 1. The predicted molar refractivity (Wildman–Crippen MR) is 102 cm³/mol. The Bertz CT molecular complexity index is 782. The van der Waals surface area contributed by atoms with Gasteiger partial charge in [-0.05, 0) is 62.1 Å². The van der Waals surface area contributed by atoms with Crippen LogP contribution in [0.4, 0.5) is 5.69 Å². The highest BCUT2D eigenvalue weighted by Gasteiger charge is 2.30. The van der Waals surface area contributed by atoms with E-state index in [-0.39, 0.29) is 6.15 Å². The number of nitrogens with two attached hydrogens (primary N) is 1. The number of ether oxygens (including phenoxy) is 1. The first kappa shape index (κ1) is 19.9. The van der Waals surface area contributed by atoms with E-state index in [1.54, 1.807) is 0 Å². The highest BCUT2D eigenvalue weighted by molar-refractivity contribution is 5.95. The molecule has 2 aromatic rings. The lowest BCUT2D eigenvalue weighted by molar-refractivity contribution is -0.191. The molecule has 1 saturated carbocycles. The molecule has 5 nitrogen and oxygen atoms in total. The number of benzene rings is 1. The molecule has 0 bridgehead atoms. The number of nitrogens with zero attached hydrogens (tertiary/aromatic N) is 1. The summed E-state index contributed by atoms with van der Waals surface area (Å²) in [7, 11) is 0. The van der Waals surface area contributed by atoms with Gasteiger partial charge in [0.1, 0.15) is 5.75 Å². The van der Waals surface area contributed by atoms with E-state index in [1.807, 2.05) is 31.2 Å². The molecule has 26 heavy (non-hydrogen) atoms. The van der Waals surface area contributed by atoms with Crippen LogP contribution in [-0.2, 0) is 9.59 Å². The van der Waals surface area contributed by atoms with Gasteiger partial charge in [-0.25, -0.2) is 0 Å². The quantitative estimate of drug-likeness (QED) is 0.855. The molecule has 1 heterocycles. The molecule has 140 valence electrons. The first-order valence-electron chi connectivity index (χ1n) is 9.08. The average molecular weight is 356 g/mol. The van der Waals surface area contributed by atoms with Crippen LogP contribution in [0.25, 0.3) is 10.9 Å². The molecule has 2 N–H and O–H groups in total. The summed E-state index contributed by atoms with van der Waals surface area (Å²) in [5, 5.41) is 0.955. The number of fused-ring (bicyclic) bond motifs is 1. The molecule has 0 unspecified atom stereocenters. The third kappa shape index (κ3) is 4.83. The van der Waals surface area contributed by atoms with E-state index in [0.717, 1.165) is 46.8 Å². The Morgan fingerprint density at radius 1 is 1.15 bits per heavy atom. The summed E-state index contributed by atoms with van der Waals surface area (Å²) in [5.41, 5.74) is 9.24. The molecule has 1 aliphatic carbocycles. The normalized spacial score (nSPS) is 20.0. The Hall–Kier alpha value is -2.39. The lowest BCUT2D eigenvalue weighted by atomic mass is 9.72. The molecule has 0 aliphatic heterocycles. The fourth-order valence-electron chi connectivity index (χ4n) is 3.75. The number of rotatable bonds is 2. The first-order valence-corrected chi connectivity index (χ1v) is 9.08. The topological polar surface area (TPSA) is 82.3 Å². The lowest BCUT2D eigenvalue weighted by Gasteiger charge is -2.37. The van der Waals surface area contributed by atoms with Gasteiger partial charge in [-0.15, -0.1) is 0 Å². The minimum atomic E-state index is 0.250. The highest BCUT2D eigenvalue weighted by atomic mass is 16.5. The molecule has 0 saturated heterocycles. The van der Waals surface area contributed by atoms with E-state index in [2.05, 4.69) is 25.8 Å². The summed E-state index contributed by atoms with van der Waals surface area (Å²) < 4.78 is 6.33. The van der Waals surface area contributed by atoms with Crippen LogP contribution in [0, 0.1) is 18.3 Å². The number of hydrogen-bond acceptors (Lipinski definition) is 5. The molecule has 0 spiro atoms. The van der Waals surface area contributed by atoms with Crippen LogP contribution in [0.3, 0.4) is 0 Å². The number of pyridine rings is 1. The standard InChI is InChI=1S/C20H28N2O.CO2/c1-13-12-16(21)19-17(22-13)6-5-7-18(19)23-15-10-8-14(9-11-15)20(2,3)4;2-1-3/h5-7,12,14-15H,8-11H2,1-4H3,(H2,21,22);. The maximum atomic E-state index is 8.12. The second kappa shape index (κ2) is 8.33. The van der Waals surface area contributed by atoms with E-state index in [9.17, 15) is 0 Å². The third-order valence-electron chi connectivity index (χ3n) is 5.15. The van der Waals surface area contributed by atoms with Crippen LogP contribution >= 0.6 is 0 Å². The van der Waals surface area contributed by atoms with Crippen LogP contribution < -0.4 is 10.5 Å². The summed E-state index contributed by atoms with van der Waals surface area (Å²) in [4.78, 5) is 20.8. The van der Waals surface area contributed by atoms with E-state index in [1.165, 1.54) is 12.8 Å². The SMILES string of the molecule is Cc1cc(N)c2c(OC3CCC(C(C)(C)C)CC3)cccc2n1.O=C=O. The van der Waals surface area contributed by atoms with Gasteiger partial charge in [-0.2, -0.15) is 9.59 Å². The summed E-state index contributed by atoms with van der Waals surface area (Å²) in [6.07, 6.45) is 5.27. The van der Waals surface area contributed by atoms with Crippen molar-refractivity contribution in [3.05, 3.63) is 30.0 Å². The van der Waals surface area contributed by atoms with Gasteiger partial charge in [-0.3, -0.25) is 4.98 Å². The smallest absolute Gasteiger partial charge is 0.373 e. The summed E-state index contributed by atoms with van der Waals surface area (Å²) in [5.74, 6) is 1.68. The highest BCUT2D eigenvalue weighted by Crippen LogP contribution is 2.39. The fraction of sp³-hybridized carbons (Fsp3) is 0.524. The van der Waals surface area contributed by atoms with Crippen molar-refractivity contribution >= 4 is 22.7 Å². The van der Waals surface area contributed by atoms with Gasteiger partial charge in [0.05, 0.1) is 17.0 Å². The average Bonchev–Trinajstić information content (AvgIpc) is 2.55. The number of aromatic nitrogens is 1. The molecule has 1 aromatic carbocycles. The maximum Gasteiger partial charge on any atom is 0.373 e. The minimum Gasteiger partial charge on any atom is -0.490 e. The molecule has 3 rings (SSSR count). The second-order valence-electron chi connectivity index (χ2n) is 8.04. The number of carbonyl (C=O) groups excluding carboxylic acids is 2. The zero-order chi connectivity index (χ0) is 19.3. The molecule has 0 amide bonds. The van der Waals surface area contributed by atoms with Crippen molar-refractivity contribution in [3.8, 4) is 5.75 Å². The van der Waals surface area contributed by atoms with Gasteiger partial charge in [0.2, 0.25) is 0 Å². The fourth-order valence-corrected chi connectivity index (χ4v) is 3.75. The van der Waals surface area contributed by atoms with E-state index >= 15 is 0 Å². The first-order chi connectivity index (χ1) is 12.3. The van der Waals surface area contributed by atoms with Gasteiger partial charge in [-0.1, -0.05) is 26.8 Å². The van der Waals surface area contributed by atoms with Crippen LogP contribution in [-0.4, -0.2) is 17.2 Å². The van der Waals surface area contributed by atoms with Crippen molar-refractivity contribution in [2.24, 2.45) is 11.3 Å². The van der Waals surface area contributed by atoms with Crippen molar-refractivity contribution < 1.29 is 14.3 Å². The number of nitrogen functional groups attached to an aromatic ring is 1. The van der Waals surface area contributed by atoms with Crippen molar-refractivity contribution in [1.82, 2.24) is 4.98 Å². The second-order valence-corrected chi connectivity index (χ2v) is 8.04.